The second-order valence-corrected chi connectivity index (χ2v) is 7.51. The molecule has 2 aliphatic heterocycles. The van der Waals surface area contributed by atoms with Crippen molar-refractivity contribution in [2.24, 2.45) is 5.84 Å². The van der Waals surface area contributed by atoms with Crippen LogP contribution in [-0.4, -0.2) is 9.55 Å². The first-order valence-electron chi connectivity index (χ1n) is 8.33. The topological polar surface area (TPSA) is 72.9 Å². The summed E-state index contributed by atoms with van der Waals surface area (Å²) in [4.78, 5) is 18.6. The fraction of sp³-hybridized carbons (Fsp3) is 0.625. The zero-order chi connectivity index (χ0) is 15.1. The van der Waals surface area contributed by atoms with Gasteiger partial charge in [0, 0.05) is 16.6 Å². The number of nitrogen functional groups attached to an aromatic ring is 1. The van der Waals surface area contributed by atoms with Crippen molar-refractivity contribution in [2.75, 3.05) is 5.43 Å². The summed E-state index contributed by atoms with van der Waals surface area (Å²) in [5.41, 5.74) is 3.83. The molecule has 1 fully saturated rings. The van der Waals surface area contributed by atoms with Crippen LogP contribution in [0.4, 0.5) is 5.82 Å². The maximum Gasteiger partial charge on any atom is 0.248 e. The van der Waals surface area contributed by atoms with Gasteiger partial charge in [-0.2, -0.15) is 0 Å². The Balaban J connectivity index is 2.02. The van der Waals surface area contributed by atoms with Crippen molar-refractivity contribution in [3.8, 4) is 0 Å². The molecule has 4 aliphatic rings. The minimum atomic E-state index is -0.0345. The minimum absolute atomic E-state index is 0.0345. The van der Waals surface area contributed by atoms with E-state index in [1.807, 2.05) is 0 Å². The number of hydrazine groups is 1. The molecular formula is C16H22N4OS. The second kappa shape index (κ2) is 5.66. The molecule has 4 rings (SSSR count). The average molecular weight is 318 g/mol. The summed E-state index contributed by atoms with van der Waals surface area (Å²) in [6.07, 6.45) is 10.9. The molecule has 0 atom stereocenters. The number of fused-ring (bicyclic) bond motifs is 1. The first-order chi connectivity index (χ1) is 10.8. The lowest BCUT2D eigenvalue weighted by atomic mass is 9.93. The Hall–Kier alpha value is -1.40. The third-order valence-corrected chi connectivity index (χ3v) is 6.23. The first kappa shape index (κ1) is 14.2. The van der Waals surface area contributed by atoms with E-state index >= 15 is 0 Å². The number of hydrogen-bond acceptors (Lipinski definition) is 5. The summed E-state index contributed by atoms with van der Waals surface area (Å²) in [5, 5.41) is 0.783. The van der Waals surface area contributed by atoms with E-state index in [0.717, 1.165) is 22.9 Å². The van der Waals surface area contributed by atoms with Crippen LogP contribution in [0.25, 0.3) is 0 Å². The van der Waals surface area contributed by atoms with Gasteiger partial charge in [0.15, 0.2) is 5.82 Å². The molecule has 0 aromatic heterocycles. The van der Waals surface area contributed by atoms with Crippen LogP contribution in [0, 0.1) is 10.0 Å². The van der Waals surface area contributed by atoms with Gasteiger partial charge in [-0.3, -0.25) is 4.79 Å². The first-order valence-corrected chi connectivity index (χ1v) is 9.14. The van der Waals surface area contributed by atoms with Crippen LogP contribution in [0.1, 0.15) is 61.6 Å². The van der Waals surface area contributed by atoms with E-state index in [1.165, 1.54) is 55.5 Å². The summed E-state index contributed by atoms with van der Waals surface area (Å²) >= 11 is 1.69. The van der Waals surface area contributed by atoms with Gasteiger partial charge in [-0.15, -0.1) is 11.3 Å². The smallest absolute Gasteiger partial charge is 0.248 e. The molecule has 0 aromatic rings. The molecule has 0 unspecified atom stereocenters. The molecule has 0 aromatic carbocycles. The highest BCUT2D eigenvalue weighted by molar-refractivity contribution is 7.09. The Morgan fingerprint density at radius 3 is 2.68 bits per heavy atom. The highest BCUT2D eigenvalue weighted by Gasteiger charge is 2.25. The largest absolute Gasteiger partial charge is 0.335 e. The molecule has 5 nitrogen and oxygen atoms in total. The van der Waals surface area contributed by atoms with Crippen LogP contribution in [0.3, 0.4) is 0 Å². The number of anilines is 1. The Bertz CT molecular complexity index is 803. The molecule has 1 saturated carbocycles. The van der Waals surface area contributed by atoms with Crippen LogP contribution >= 0.6 is 11.3 Å². The summed E-state index contributed by atoms with van der Waals surface area (Å²) in [6.45, 7) is 0. The molecular weight excluding hydrogens is 296 g/mol. The fourth-order valence-corrected chi connectivity index (χ4v) is 5.24. The molecule has 0 spiro atoms. The van der Waals surface area contributed by atoms with Gasteiger partial charge in [0.2, 0.25) is 5.43 Å². The van der Waals surface area contributed by atoms with Crippen LogP contribution in [0.5, 0.6) is 0 Å². The van der Waals surface area contributed by atoms with E-state index < -0.39 is 0 Å². The van der Waals surface area contributed by atoms with Crippen molar-refractivity contribution in [3.63, 3.8) is 0 Å². The summed E-state index contributed by atoms with van der Waals surface area (Å²) < 4.78 is 3.21. The predicted molar refractivity (Wildman–Crippen MR) is 88.2 cm³/mol. The van der Waals surface area contributed by atoms with Crippen LogP contribution < -0.4 is 16.7 Å². The van der Waals surface area contributed by atoms with E-state index in [9.17, 15) is 4.79 Å². The molecule has 3 N–H and O–H groups in total. The predicted octanol–water partition coefficient (Wildman–Crippen LogP) is 2.70. The maximum absolute atomic E-state index is 12.7. The highest BCUT2D eigenvalue weighted by Crippen LogP contribution is 2.34. The zero-order valence-electron chi connectivity index (χ0n) is 12.7. The van der Waals surface area contributed by atoms with E-state index in [4.69, 9.17) is 5.84 Å². The Kier molecular flexibility index (Phi) is 3.66. The van der Waals surface area contributed by atoms with Gasteiger partial charge in [0.05, 0.1) is 0 Å². The molecule has 22 heavy (non-hydrogen) atoms. The summed E-state index contributed by atoms with van der Waals surface area (Å²) in [7, 11) is 0. The quantitative estimate of drug-likeness (QED) is 0.659. The lowest BCUT2D eigenvalue weighted by Gasteiger charge is -2.30. The third-order valence-electron chi connectivity index (χ3n) is 5.06. The third kappa shape index (κ3) is 2.16. The van der Waals surface area contributed by atoms with Gasteiger partial charge in [-0.25, -0.2) is 10.8 Å². The van der Waals surface area contributed by atoms with Crippen molar-refractivity contribution in [1.29, 1.82) is 0 Å². The number of nitrogens with zero attached hydrogens (tertiary/aromatic N) is 2. The number of nitrogens with two attached hydrogens (primary N) is 1. The molecule has 2 aliphatic carbocycles. The Labute approximate surface area is 133 Å². The molecule has 0 bridgehead atoms. The number of nitrogens with one attached hydrogen (secondary N) is 1. The van der Waals surface area contributed by atoms with Crippen LogP contribution in [0.15, 0.2) is 4.79 Å². The van der Waals surface area contributed by atoms with E-state index in [0.29, 0.717) is 6.04 Å². The molecule has 6 heteroatoms. The van der Waals surface area contributed by atoms with Crippen LogP contribution in [0.2, 0.25) is 0 Å². The van der Waals surface area contributed by atoms with Gasteiger partial charge >= 0.3 is 0 Å². The van der Waals surface area contributed by atoms with Crippen molar-refractivity contribution in [1.82, 2.24) is 9.55 Å². The van der Waals surface area contributed by atoms with Gasteiger partial charge in [-0.1, -0.05) is 19.3 Å². The molecule has 0 radical (unpaired) electrons. The minimum Gasteiger partial charge on any atom is -0.335 e. The van der Waals surface area contributed by atoms with Gasteiger partial charge < -0.3 is 9.99 Å². The van der Waals surface area contributed by atoms with Crippen molar-refractivity contribution in [2.45, 2.75) is 63.8 Å². The number of rotatable bonds is 2. The lowest BCUT2D eigenvalue weighted by molar-refractivity contribution is 0.337. The number of aromatic nitrogens is 2. The average Bonchev–Trinajstić information content (AvgIpc) is 2.89. The second-order valence-electron chi connectivity index (χ2n) is 6.43. The standard InChI is InChI=1S/C16H22N4OS/c17-19-15-14(21)13-16(18-15)22-12-9-5-4-8-11(12)20(13)10-6-2-1-3-7-10/h10H,1-9,17H2,(H,18,19,21). The van der Waals surface area contributed by atoms with E-state index in [-0.39, 0.29) is 11.2 Å². The van der Waals surface area contributed by atoms with Crippen molar-refractivity contribution >= 4 is 17.2 Å². The van der Waals surface area contributed by atoms with E-state index in [2.05, 4.69) is 15.0 Å². The monoisotopic (exact) mass is 318 g/mol. The highest BCUT2D eigenvalue weighted by atomic mass is 32.1. The van der Waals surface area contributed by atoms with E-state index in [1.54, 1.807) is 11.3 Å². The molecule has 0 saturated heterocycles. The van der Waals surface area contributed by atoms with Gasteiger partial charge in [0.1, 0.15) is 10.0 Å². The maximum atomic E-state index is 12.7. The molecule has 0 amide bonds. The Morgan fingerprint density at radius 1 is 1.14 bits per heavy atom. The van der Waals surface area contributed by atoms with Crippen molar-refractivity contribution < 1.29 is 0 Å². The normalized spacial score (nSPS) is 19.3. The Morgan fingerprint density at radius 2 is 1.91 bits per heavy atom. The SMILES string of the molecule is NNc1nc2sc3c(n(C4CCCCC4)c=2c1=O)CCCC3. The summed E-state index contributed by atoms with van der Waals surface area (Å²) in [6, 6.07) is 0.457. The lowest BCUT2D eigenvalue weighted by Crippen LogP contribution is -2.24. The van der Waals surface area contributed by atoms with Gasteiger partial charge in [0.25, 0.3) is 0 Å². The fourth-order valence-electron chi connectivity index (χ4n) is 4.02. The zero-order valence-corrected chi connectivity index (χ0v) is 13.5. The summed E-state index contributed by atoms with van der Waals surface area (Å²) in [5.74, 6) is 5.77. The number of hydrogen-bond donors (Lipinski definition) is 2. The molecule has 118 valence electrons. The van der Waals surface area contributed by atoms with Gasteiger partial charge in [-0.05, 0) is 38.5 Å². The number of aryl methyl sites for hydroxylation is 1. The van der Waals surface area contributed by atoms with Crippen molar-refractivity contribution in [3.05, 3.63) is 30.8 Å². The van der Waals surface area contributed by atoms with Crippen LogP contribution in [-0.2, 0) is 12.8 Å². The molecule has 2 heterocycles.